The quantitative estimate of drug-likeness (QED) is 0.621. The second-order valence-corrected chi connectivity index (χ2v) is 5.24. The third kappa shape index (κ3) is 4.65. The molecule has 1 aromatic carbocycles. The normalized spacial score (nSPS) is 18.2. The first-order chi connectivity index (χ1) is 11.0. The molecule has 1 aliphatic heterocycles. The molecule has 1 unspecified atom stereocenters. The van der Waals surface area contributed by atoms with Crippen LogP contribution in [0.1, 0.15) is 12.0 Å². The number of hydrogen-bond donors (Lipinski definition) is 3. The van der Waals surface area contributed by atoms with Crippen molar-refractivity contribution in [3.05, 3.63) is 48.2 Å². The van der Waals surface area contributed by atoms with Crippen molar-refractivity contribution in [1.82, 2.24) is 5.32 Å². The van der Waals surface area contributed by atoms with Crippen molar-refractivity contribution in [2.45, 2.75) is 31.0 Å². The number of Topliss-reactive ketones (excluding diaryl/α,β-unsaturated/α-hetero) is 1. The van der Waals surface area contributed by atoms with E-state index in [-0.39, 0.29) is 12.2 Å². The minimum Gasteiger partial charge on any atom is -0.486 e. The van der Waals surface area contributed by atoms with Gasteiger partial charge >= 0.3 is 5.97 Å². The van der Waals surface area contributed by atoms with Crippen LogP contribution in [0.25, 0.3) is 0 Å². The number of carbonyl (C=O) groups excluding carboxylic acids is 2. The Hall–Kier alpha value is -2.67. The summed E-state index contributed by atoms with van der Waals surface area (Å²) in [5, 5.41) is 11.2. The van der Waals surface area contributed by atoms with Gasteiger partial charge in [0.05, 0.1) is 24.8 Å². The molecule has 0 aromatic heterocycles. The number of amides is 1. The Kier molecular flexibility index (Phi) is 5.48. The van der Waals surface area contributed by atoms with Gasteiger partial charge in [0.1, 0.15) is 0 Å². The SMILES string of the molecule is N[C@@H](CC(=O)O)C(=O)N[C@@H](Cc1ccccc1)C(=O)C1C=CO1. The van der Waals surface area contributed by atoms with Crippen LogP contribution in [0.5, 0.6) is 0 Å². The average molecular weight is 318 g/mol. The van der Waals surface area contributed by atoms with E-state index in [9.17, 15) is 14.4 Å². The Balaban J connectivity index is 2.06. The second-order valence-electron chi connectivity index (χ2n) is 5.24. The van der Waals surface area contributed by atoms with Gasteiger partial charge in [0.15, 0.2) is 11.9 Å². The summed E-state index contributed by atoms with van der Waals surface area (Å²) in [7, 11) is 0. The molecule has 2 rings (SSSR count). The molecular formula is C16H18N2O5. The average Bonchev–Trinajstić information content (AvgIpc) is 2.45. The van der Waals surface area contributed by atoms with E-state index in [1.54, 1.807) is 6.08 Å². The summed E-state index contributed by atoms with van der Waals surface area (Å²) in [6.07, 6.45) is 2.07. The number of aliphatic carboxylic acids is 1. The van der Waals surface area contributed by atoms with Crippen molar-refractivity contribution in [2.24, 2.45) is 5.73 Å². The number of nitrogens with one attached hydrogen (secondary N) is 1. The number of hydrogen-bond acceptors (Lipinski definition) is 5. The monoisotopic (exact) mass is 318 g/mol. The van der Waals surface area contributed by atoms with Crippen LogP contribution in [-0.4, -0.2) is 41.0 Å². The third-order valence-corrected chi connectivity index (χ3v) is 3.43. The lowest BCUT2D eigenvalue weighted by atomic mass is 9.97. The predicted molar refractivity (Wildman–Crippen MR) is 81.3 cm³/mol. The van der Waals surface area contributed by atoms with E-state index in [0.29, 0.717) is 0 Å². The molecule has 0 spiro atoms. The van der Waals surface area contributed by atoms with Crippen molar-refractivity contribution in [3.63, 3.8) is 0 Å². The Labute approximate surface area is 133 Å². The van der Waals surface area contributed by atoms with Crippen LogP contribution in [0, 0.1) is 0 Å². The van der Waals surface area contributed by atoms with E-state index >= 15 is 0 Å². The fourth-order valence-corrected chi connectivity index (χ4v) is 2.15. The maximum atomic E-state index is 12.4. The van der Waals surface area contributed by atoms with Crippen molar-refractivity contribution < 1.29 is 24.2 Å². The highest BCUT2D eigenvalue weighted by atomic mass is 16.5. The predicted octanol–water partition coefficient (Wildman–Crippen LogP) is -0.00250. The molecule has 23 heavy (non-hydrogen) atoms. The zero-order valence-corrected chi connectivity index (χ0v) is 12.3. The van der Waals surface area contributed by atoms with Gasteiger partial charge in [0.2, 0.25) is 5.91 Å². The first-order valence-electron chi connectivity index (χ1n) is 7.15. The van der Waals surface area contributed by atoms with Crippen LogP contribution in [0.3, 0.4) is 0 Å². The molecule has 1 aliphatic rings. The first-order valence-corrected chi connectivity index (χ1v) is 7.15. The summed E-state index contributed by atoms with van der Waals surface area (Å²) in [4.78, 5) is 35.0. The summed E-state index contributed by atoms with van der Waals surface area (Å²) < 4.78 is 5.01. The minimum atomic E-state index is -1.21. The van der Waals surface area contributed by atoms with Crippen LogP contribution in [0.15, 0.2) is 42.7 Å². The van der Waals surface area contributed by atoms with Crippen LogP contribution in [0.4, 0.5) is 0 Å². The number of nitrogens with two attached hydrogens (primary N) is 1. The van der Waals surface area contributed by atoms with E-state index in [1.165, 1.54) is 6.26 Å². The maximum Gasteiger partial charge on any atom is 0.305 e. The van der Waals surface area contributed by atoms with E-state index in [0.717, 1.165) is 5.56 Å². The van der Waals surface area contributed by atoms with Gasteiger partial charge in [-0.15, -0.1) is 0 Å². The maximum absolute atomic E-state index is 12.4. The lowest BCUT2D eigenvalue weighted by Crippen LogP contribution is -2.52. The molecule has 1 aromatic rings. The zero-order valence-electron chi connectivity index (χ0n) is 12.3. The minimum absolute atomic E-state index is 0.277. The molecule has 0 radical (unpaired) electrons. The Morgan fingerprint density at radius 3 is 2.43 bits per heavy atom. The third-order valence-electron chi connectivity index (χ3n) is 3.43. The molecule has 122 valence electrons. The van der Waals surface area contributed by atoms with E-state index in [1.807, 2.05) is 30.3 Å². The Bertz CT molecular complexity index is 614. The number of carboxylic acids is 1. The number of ether oxygens (including phenoxy) is 1. The second kappa shape index (κ2) is 7.55. The number of rotatable bonds is 8. The van der Waals surface area contributed by atoms with Crippen LogP contribution < -0.4 is 11.1 Å². The Morgan fingerprint density at radius 2 is 1.91 bits per heavy atom. The van der Waals surface area contributed by atoms with Crippen molar-refractivity contribution in [2.75, 3.05) is 0 Å². The molecule has 7 heteroatoms. The van der Waals surface area contributed by atoms with Crippen molar-refractivity contribution in [1.29, 1.82) is 0 Å². The molecule has 1 amide bonds. The summed E-state index contributed by atoms with van der Waals surface area (Å²) in [5.41, 5.74) is 6.40. The van der Waals surface area contributed by atoms with Gasteiger partial charge in [-0.2, -0.15) is 0 Å². The first kappa shape index (κ1) is 16.7. The number of carbonyl (C=O) groups is 3. The van der Waals surface area contributed by atoms with Gasteiger partial charge in [0.25, 0.3) is 0 Å². The van der Waals surface area contributed by atoms with Gasteiger partial charge in [-0.05, 0) is 18.1 Å². The van der Waals surface area contributed by atoms with E-state index < -0.39 is 36.5 Å². The van der Waals surface area contributed by atoms with E-state index in [4.69, 9.17) is 15.6 Å². The molecule has 1 heterocycles. The summed E-state index contributed by atoms with van der Waals surface area (Å²) in [5.74, 6) is -2.15. The summed E-state index contributed by atoms with van der Waals surface area (Å²) >= 11 is 0. The smallest absolute Gasteiger partial charge is 0.305 e. The van der Waals surface area contributed by atoms with E-state index in [2.05, 4.69) is 5.32 Å². The van der Waals surface area contributed by atoms with Gasteiger partial charge in [-0.25, -0.2) is 0 Å². The lowest BCUT2D eigenvalue weighted by Gasteiger charge is -2.25. The van der Waals surface area contributed by atoms with Gasteiger partial charge < -0.3 is 20.9 Å². The topological polar surface area (TPSA) is 119 Å². The highest BCUT2D eigenvalue weighted by Gasteiger charge is 2.32. The molecule has 7 nitrogen and oxygen atoms in total. The molecule has 0 saturated carbocycles. The van der Waals surface area contributed by atoms with Gasteiger partial charge in [-0.3, -0.25) is 14.4 Å². The summed E-state index contributed by atoms with van der Waals surface area (Å²) in [6.45, 7) is 0. The fourth-order valence-electron chi connectivity index (χ4n) is 2.15. The molecule has 0 saturated heterocycles. The molecule has 0 fully saturated rings. The largest absolute Gasteiger partial charge is 0.486 e. The highest BCUT2D eigenvalue weighted by molar-refractivity contribution is 5.95. The lowest BCUT2D eigenvalue weighted by molar-refractivity contribution is -0.140. The highest BCUT2D eigenvalue weighted by Crippen LogP contribution is 2.13. The van der Waals surface area contributed by atoms with Gasteiger partial charge in [-0.1, -0.05) is 30.3 Å². The van der Waals surface area contributed by atoms with Crippen molar-refractivity contribution >= 4 is 17.7 Å². The van der Waals surface area contributed by atoms with Crippen LogP contribution >= 0.6 is 0 Å². The summed E-state index contributed by atoms with van der Waals surface area (Å²) in [6, 6.07) is 7.13. The van der Waals surface area contributed by atoms with Crippen LogP contribution in [-0.2, 0) is 25.5 Å². The molecule has 0 bridgehead atoms. The number of benzene rings is 1. The number of ketones is 1. The fraction of sp³-hybridized carbons (Fsp3) is 0.312. The molecule has 0 aliphatic carbocycles. The van der Waals surface area contributed by atoms with Crippen LogP contribution in [0.2, 0.25) is 0 Å². The molecule has 3 atom stereocenters. The molecular weight excluding hydrogens is 300 g/mol. The van der Waals surface area contributed by atoms with Crippen molar-refractivity contribution in [3.8, 4) is 0 Å². The zero-order chi connectivity index (χ0) is 16.8. The molecule has 4 N–H and O–H groups in total. The number of carboxylic acid groups (broad SMARTS) is 1. The van der Waals surface area contributed by atoms with Gasteiger partial charge in [0, 0.05) is 0 Å². The Morgan fingerprint density at radius 1 is 1.26 bits per heavy atom. The standard InChI is InChI=1S/C16H18N2O5/c17-11(9-14(19)20)16(22)18-12(15(21)13-6-7-23-13)8-10-4-2-1-3-5-10/h1-7,11-13H,8-9,17H2,(H,18,22)(H,19,20)/t11-,12-,13?/m0/s1.